The summed E-state index contributed by atoms with van der Waals surface area (Å²) in [5, 5.41) is 0. The van der Waals surface area contributed by atoms with Crippen molar-refractivity contribution >= 4 is 6.08 Å². The number of allylic oxidation sites excluding steroid dienone is 1. The van der Waals surface area contributed by atoms with Gasteiger partial charge in [0.15, 0.2) is 5.82 Å². The Morgan fingerprint density at radius 1 is 1.43 bits per heavy atom. The van der Waals surface area contributed by atoms with Crippen molar-refractivity contribution in [3.8, 4) is 0 Å². The molecule has 1 atom stereocenters. The summed E-state index contributed by atoms with van der Waals surface area (Å²) < 4.78 is 12.4. The van der Waals surface area contributed by atoms with Crippen molar-refractivity contribution in [2.24, 2.45) is 0 Å². The van der Waals surface area contributed by atoms with Crippen molar-refractivity contribution < 1.29 is 4.39 Å². The minimum atomic E-state index is -0.698. The molecule has 0 spiro atoms. The molecular weight excluding hydrogens is 179 g/mol. The SMILES string of the molecule is CC(F)CCCC=Cc1ncccn1. The first-order valence-corrected chi connectivity index (χ1v) is 4.86. The third-order valence-electron chi connectivity index (χ3n) is 1.83. The van der Waals surface area contributed by atoms with Gasteiger partial charge in [-0.1, -0.05) is 6.08 Å². The topological polar surface area (TPSA) is 25.8 Å². The van der Waals surface area contributed by atoms with E-state index in [2.05, 4.69) is 9.97 Å². The molecule has 1 aromatic rings. The van der Waals surface area contributed by atoms with Gasteiger partial charge in [0.05, 0.1) is 6.17 Å². The fraction of sp³-hybridized carbons (Fsp3) is 0.455. The van der Waals surface area contributed by atoms with Gasteiger partial charge in [-0.25, -0.2) is 14.4 Å². The highest BCUT2D eigenvalue weighted by Crippen LogP contribution is 2.04. The molecule has 0 fully saturated rings. The van der Waals surface area contributed by atoms with Gasteiger partial charge in [-0.2, -0.15) is 0 Å². The summed E-state index contributed by atoms with van der Waals surface area (Å²) in [6.07, 6.45) is 8.94. The average Bonchev–Trinajstić information content (AvgIpc) is 2.18. The highest BCUT2D eigenvalue weighted by Gasteiger charge is 1.95. The van der Waals surface area contributed by atoms with Crippen LogP contribution in [-0.2, 0) is 0 Å². The zero-order valence-electron chi connectivity index (χ0n) is 8.36. The van der Waals surface area contributed by atoms with Gasteiger partial charge in [-0.05, 0) is 38.3 Å². The molecule has 1 rings (SSSR count). The van der Waals surface area contributed by atoms with E-state index < -0.39 is 6.17 Å². The van der Waals surface area contributed by atoms with Crippen molar-refractivity contribution in [3.63, 3.8) is 0 Å². The lowest BCUT2D eigenvalue weighted by molar-refractivity contribution is 0.335. The van der Waals surface area contributed by atoms with Crippen LogP contribution < -0.4 is 0 Å². The molecule has 2 nitrogen and oxygen atoms in total. The van der Waals surface area contributed by atoms with Gasteiger partial charge >= 0.3 is 0 Å². The normalized spacial score (nSPS) is 13.3. The lowest BCUT2D eigenvalue weighted by Crippen LogP contribution is -1.90. The summed E-state index contributed by atoms with van der Waals surface area (Å²) >= 11 is 0. The van der Waals surface area contributed by atoms with E-state index in [4.69, 9.17) is 0 Å². The molecule has 0 N–H and O–H groups in total. The second kappa shape index (κ2) is 6.24. The average molecular weight is 194 g/mol. The number of hydrogen-bond acceptors (Lipinski definition) is 2. The summed E-state index contributed by atoms with van der Waals surface area (Å²) in [7, 11) is 0. The number of nitrogens with zero attached hydrogens (tertiary/aromatic N) is 2. The van der Waals surface area contributed by atoms with Gasteiger partial charge in [0.1, 0.15) is 0 Å². The zero-order valence-corrected chi connectivity index (χ0v) is 8.36. The van der Waals surface area contributed by atoms with Gasteiger partial charge in [0, 0.05) is 12.4 Å². The highest BCUT2D eigenvalue weighted by atomic mass is 19.1. The Kier molecular flexibility index (Phi) is 4.83. The number of rotatable bonds is 5. The van der Waals surface area contributed by atoms with Crippen molar-refractivity contribution in [1.82, 2.24) is 9.97 Å². The quantitative estimate of drug-likeness (QED) is 0.673. The van der Waals surface area contributed by atoms with E-state index in [1.165, 1.54) is 0 Å². The molecule has 0 saturated heterocycles. The van der Waals surface area contributed by atoms with Crippen LogP contribution in [0.2, 0.25) is 0 Å². The van der Waals surface area contributed by atoms with E-state index in [0.29, 0.717) is 12.2 Å². The van der Waals surface area contributed by atoms with Crippen LogP contribution >= 0.6 is 0 Å². The molecule has 0 aromatic carbocycles. The fourth-order valence-corrected chi connectivity index (χ4v) is 1.10. The predicted octanol–water partition coefficient (Wildman–Crippen LogP) is 3.02. The van der Waals surface area contributed by atoms with Gasteiger partial charge in [-0.3, -0.25) is 0 Å². The second-order valence-electron chi connectivity index (χ2n) is 3.22. The summed E-state index contributed by atoms with van der Waals surface area (Å²) in [4.78, 5) is 8.08. The van der Waals surface area contributed by atoms with E-state index in [9.17, 15) is 4.39 Å². The van der Waals surface area contributed by atoms with E-state index in [-0.39, 0.29) is 0 Å². The first-order valence-electron chi connectivity index (χ1n) is 4.86. The van der Waals surface area contributed by atoms with Crippen molar-refractivity contribution in [3.05, 3.63) is 30.4 Å². The van der Waals surface area contributed by atoms with Crippen molar-refractivity contribution in [2.45, 2.75) is 32.4 Å². The van der Waals surface area contributed by atoms with Crippen molar-refractivity contribution in [1.29, 1.82) is 0 Å². The smallest absolute Gasteiger partial charge is 0.151 e. The van der Waals surface area contributed by atoms with Crippen LogP contribution in [0.1, 0.15) is 32.0 Å². The first kappa shape index (κ1) is 10.8. The van der Waals surface area contributed by atoms with E-state index in [0.717, 1.165) is 12.8 Å². The molecule has 1 heterocycles. The van der Waals surface area contributed by atoms with Crippen LogP contribution in [0.4, 0.5) is 4.39 Å². The number of alkyl halides is 1. The summed E-state index contributed by atoms with van der Waals surface area (Å²) in [5.41, 5.74) is 0. The first-order chi connectivity index (χ1) is 6.79. The fourth-order valence-electron chi connectivity index (χ4n) is 1.10. The van der Waals surface area contributed by atoms with E-state index in [1.807, 2.05) is 12.2 Å². The molecule has 0 saturated carbocycles. The maximum Gasteiger partial charge on any atom is 0.151 e. The molecule has 0 amide bonds. The maximum atomic E-state index is 12.4. The number of hydrogen-bond donors (Lipinski definition) is 0. The largest absolute Gasteiger partial charge is 0.248 e. The molecule has 0 radical (unpaired) electrons. The Morgan fingerprint density at radius 2 is 2.14 bits per heavy atom. The Hall–Kier alpha value is -1.25. The van der Waals surface area contributed by atoms with E-state index in [1.54, 1.807) is 25.4 Å². The summed E-state index contributed by atoms with van der Waals surface area (Å²) in [6, 6.07) is 1.78. The van der Waals surface area contributed by atoms with Gasteiger partial charge < -0.3 is 0 Å². The van der Waals surface area contributed by atoms with Gasteiger partial charge in [0.25, 0.3) is 0 Å². The minimum Gasteiger partial charge on any atom is -0.248 e. The summed E-state index contributed by atoms with van der Waals surface area (Å²) in [5.74, 6) is 0.709. The molecule has 76 valence electrons. The lowest BCUT2D eigenvalue weighted by Gasteiger charge is -1.97. The molecule has 0 bridgehead atoms. The molecule has 3 heteroatoms. The molecule has 1 aromatic heterocycles. The molecule has 0 aliphatic carbocycles. The molecular formula is C11H15FN2. The van der Waals surface area contributed by atoms with Crippen LogP contribution in [-0.4, -0.2) is 16.1 Å². The summed E-state index contributed by atoms with van der Waals surface area (Å²) in [6.45, 7) is 1.59. The van der Waals surface area contributed by atoms with Crippen LogP contribution in [0.25, 0.3) is 6.08 Å². The number of unbranched alkanes of at least 4 members (excludes halogenated alkanes) is 1. The van der Waals surface area contributed by atoms with Crippen LogP contribution in [0.5, 0.6) is 0 Å². The standard InChI is InChI=1S/C11H15FN2/c1-10(12)6-3-2-4-7-11-13-8-5-9-14-11/h4-5,7-10H,2-3,6H2,1H3. The zero-order chi connectivity index (χ0) is 10.2. The Balaban J connectivity index is 2.21. The van der Waals surface area contributed by atoms with Crippen LogP contribution in [0, 0.1) is 0 Å². The van der Waals surface area contributed by atoms with Gasteiger partial charge in [-0.15, -0.1) is 0 Å². The number of halogens is 1. The highest BCUT2D eigenvalue weighted by molar-refractivity contribution is 5.38. The van der Waals surface area contributed by atoms with Crippen LogP contribution in [0.3, 0.4) is 0 Å². The van der Waals surface area contributed by atoms with Crippen LogP contribution in [0.15, 0.2) is 24.5 Å². The molecule has 0 aliphatic rings. The minimum absolute atomic E-state index is 0.625. The molecule has 0 aliphatic heterocycles. The Labute approximate surface area is 83.9 Å². The molecule has 14 heavy (non-hydrogen) atoms. The lowest BCUT2D eigenvalue weighted by atomic mass is 10.2. The number of aromatic nitrogens is 2. The van der Waals surface area contributed by atoms with E-state index >= 15 is 0 Å². The third kappa shape index (κ3) is 4.70. The Morgan fingerprint density at radius 3 is 2.79 bits per heavy atom. The monoisotopic (exact) mass is 194 g/mol. The molecule has 1 unspecified atom stereocenters. The third-order valence-corrected chi connectivity index (χ3v) is 1.83. The predicted molar refractivity (Wildman–Crippen MR) is 55.5 cm³/mol. The second-order valence-corrected chi connectivity index (χ2v) is 3.22. The maximum absolute atomic E-state index is 12.4. The van der Waals surface area contributed by atoms with Crippen molar-refractivity contribution in [2.75, 3.05) is 0 Å². The van der Waals surface area contributed by atoms with Gasteiger partial charge in [0.2, 0.25) is 0 Å². The Bertz CT molecular complexity index is 270.